The SMILES string of the molecule is Cn1ccnc1N1CCC(CC(=O)O)CC1. The lowest BCUT2D eigenvalue weighted by Gasteiger charge is -2.31. The number of imidazole rings is 1. The molecule has 0 amide bonds. The molecule has 5 heteroatoms. The standard InChI is InChI=1S/C11H17N3O2/c1-13-7-4-12-11(13)14-5-2-9(3-6-14)8-10(15)16/h4,7,9H,2-3,5-6,8H2,1H3,(H,15,16). The highest BCUT2D eigenvalue weighted by atomic mass is 16.4. The zero-order valence-corrected chi connectivity index (χ0v) is 9.46. The van der Waals surface area contributed by atoms with E-state index in [-0.39, 0.29) is 0 Å². The van der Waals surface area contributed by atoms with Crippen LogP contribution < -0.4 is 4.90 Å². The van der Waals surface area contributed by atoms with E-state index in [9.17, 15) is 4.79 Å². The van der Waals surface area contributed by atoms with Crippen LogP contribution in [0.25, 0.3) is 0 Å². The van der Waals surface area contributed by atoms with Crippen molar-refractivity contribution in [2.75, 3.05) is 18.0 Å². The van der Waals surface area contributed by atoms with Gasteiger partial charge in [0.25, 0.3) is 0 Å². The Kier molecular flexibility index (Phi) is 3.12. The third-order valence-electron chi connectivity index (χ3n) is 3.16. The van der Waals surface area contributed by atoms with Gasteiger partial charge in [0.05, 0.1) is 0 Å². The van der Waals surface area contributed by atoms with Gasteiger partial charge >= 0.3 is 5.97 Å². The Bertz CT molecular complexity index is 367. The Morgan fingerprint density at radius 1 is 1.56 bits per heavy atom. The van der Waals surface area contributed by atoms with Crippen LogP contribution >= 0.6 is 0 Å². The number of hydrogen-bond acceptors (Lipinski definition) is 3. The molecule has 0 unspecified atom stereocenters. The van der Waals surface area contributed by atoms with Crippen molar-refractivity contribution in [1.29, 1.82) is 0 Å². The highest BCUT2D eigenvalue weighted by molar-refractivity contribution is 5.67. The summed E-state index contributed by atoms with van der Waals surface area (Å²) in [7, 11) is 1.98. The van der Waals surface area contributed by atoms with E-state index in [1.54, 1.807) is 6.20 Å². The minimum absolute atomic E-state index is 0.300. The fourth-order valence-electron chi connectivity index (χ4n) is 2.25. The van der Waals surface area contributed by atoms with Crippen LogP contribution in [0.3, 0.4) is 0 Å². The van der Waals surface area contributed by atoms with Crippen LogP contribution in [-0.2, 0) is 11.8 Å². The first-order valence-electron chi connectivity index (χ1n) is 5.61. The zero-order valence-electron chi connectivity index (χ0n) is 9.46. The van der Waals surface area contributed by atoms with Crippen LogP contribution in [0, 0.1) is 5.92 Å². The smallest absolute Gasteiger partial charge is 0.303 e. The molecular formula is C11H17N3O2. The summed E-state index contributed by atoms with van der Waals surface area (Å²) in [5, 5.41) is 8.73. The Balaban J connectivity index is 1.90. The van der Waals surface area contributed by atoms with Crippen molar-refractivity contribution < 1.29 is 9.90 Å². The predicted octanol–water partition coefficient (Wildman–Crippen LogP) is 1.11. The third kappa shape index (κ3) is 2.35. The largest absolute Gasteiger partial charge is 0.481 e. The van der Waals surface area contributed by atoms with Crippen LogP contribution in [-0.4, -0.2) is 33.7 Å². The van der Waals surface area contributed by atoms with E-state index >= 15 is 0 Å². The Morgan fingerprint density at radius 2 is 2.25 bits per heavy atom. The summed E-state index contributed by atoms with van der Waals surface area (Å²) < 4.78 is 2.00. The van der Waals surface area contributed by atoms with E-state index < -0.39 is 5.97 Å². The van der Waals surface area contributed by atoms with Crippen LogP contribution in [0.15, 0.2) is 12.4 Å². The van der Waals surface area contributed by atoms with Crippen LogP contribution in [0.2, 0.25) is 0 Å². The number of anilines is 1. The van der Waals surface area contributed by atoms with E-state index in [0.29, 0.717) is 12.3 Å². The lowest BCUT2D eigenvalue weighted by Crippen LogP contribution is -2.35. The van der Waals surface area contributed by atoms with Gasteiger partial charge in [0, 0.05) is 39.0 Å². The van der Waals surface area contributed by atoms with Crippen molar-refractivity contribution in [3.8, 4) is 0 Å². The van der Waals surface area contributed by atoms with Crippen LogP contribution in [0.1, 0.15) is 19.3 Å². The quantitative estimate of drug-likeness (QED) is 0.834. The number of nitrogens with zero attached hydrogens (tertiary/aromatic N) is 3. The summed E-state index contributed by atoms with van der Waals surface area (Å²) in [6.45, 7) is 1.81. The lowest BCUT2D eigenvalue weighted by atomic mass is 9.94. The maximum Gasteiger partial charge on any atom is 0.303 e. The number of aromatic nitrogens is 2. The number of carboxylic acid groups (broad SMARTS) is 1. The molecule has 5 nitrogen and oxygen atoms in total. The maximum atomic E-state index is 10.6. The first-order chi connectivity index (χ1) is 7.66. The summed E-state index contributed by atoms with van der Waals surface area (Å²) in [6, 6.07) is 0. The molecule has 1 aromatic heterocycles. The maximum absolute atomic E-state index is 10.6. The molecular weight excluding hydrogens is 206 g/mol. The summed E-state index contributed by atoms with van der Waals surface area (Å²) in [5.41, 5.74) is 0. The van der Waals surface area contributed by atoms with Crippen molar-refractivity contribution in [3.63, 3.8) is 0 Å². The summed E-state index contributed by atoms with van der Waals surface area (Å²) >= 11 is 0. The lowest BCUT2D eigenvalue weighted by molar-refractivity contribution is -0.138. The van der Waals surface area contributed by atoms with E-state index in [1.807, 2.05) is 17.8 Å². The van der Waals surface area contributed by atoms with E-state index in [4.69, 9.17) is 5.11 Å². The average Bonchev–Trinajstić information content (AvgIpc) is 2.65. The molecule has 1 N–H and O–H groups in total. The number of piperidine rings is 1. The second-order valence-corrected chi connectivity index (χ2v) is 4.37. The Hall–Kier alpha value is -1.52. The van der Waals surface area contributed by atoms with Gasteiger partial charge in [0.15, 0.2) is 0 Å². The number of carboxylic acids is 1. The van der Waals surface area contributed by atoms with Gasteiger partial charge in [-0.05, 0) is 18.8 Å². The van der Waals surface area contributed by atoms with Gasteiger partial charge in [0.1, 0.15) is 0 Å². The molecule has 2 rings (SSSR count). The fourth-order valence-corrected chi connectivity index (χ4v) is 2.25. The van der Waals surface area contributed by atoms with Crippen molar-refractivity contribution in [2.45, 2.75) is 19.3 Å². The molecule has 2 heterocycles. The molecule has 0 saturated carbocycles. The second kappa shape index (κ2) is 4.55. The highest BCUT2D eigenvalue weighted by Gasteiger charge is 2.22. The van der Waals surface area contributed by atoms with Crippen molar-refractivity contribution >= 4 is 11.9 Å². The summed E-state index contributed by atoms with van der Waals surface area (Å²) in [4.78, 5) is 17.1. The highest BCUT2D eigenvalue weighted by Crippen LogP contribution is 2.23. The molecule has 1 aliphatic rings. The molecule has 0 aromatic carbocycles. The Morgan fingerprint density at radius 3 is 2.75 bits per heavy atom. The van der Waals surface area contributed by atoms with E-state index in [2.05, 4.69) is 9.88 Å². The average molecular weight is 223 g/mol. The number of hydrogen-bond donors (Lipinski definition) is 1. The number of rotatable bonds is 3. The molecule has 1 aliphatic heterocycles. The molecule has 1 saturated heterocycles. The van der Waals surface area contributed by atoms with Crippen LogP contribution in [0.4, 0.5) is 5.95 Å². The van der Waals surface area contributed by atoms with Crippen molar-refractivity contribution in [1.82, 2.24) is 9.55 Å². The molecule has 88 valence electrons. The van der Waals surface area contributed by atoms with Gasteiger partial charge in [-0.1, -0.05) is 0 Å². The molecule has 0 atom stereocenters. The molecule has 1 fully saturated rings. The van der Waals surface area contributed by atoms with Gasteiger partial charge in [-0.2, -0.15) is 0 Å². The van der Waals surface area contributed by atoms with Gasteiger partial charge in [-0.15, -0.1) is 0 Å². The normalized spacial score (nSPS) is 17.7. The zero-order chi connectivity index (χ0) is 11.5. The Labute approximate surface area is 94.7 Å². The minimum atomic E-state index is -0.685. The minimum Gasteiger partial charge on any atom is -0.481 e. The van der Waals surface area contributed by atoms with Gasteiger partial charge in [-0.3, -0.25) is 4.79 Å². The van der Waals surface area contributed by atoms with Gasteiger partial charge in [-0.25, -0.2) is 4.98 Å². The first kappa shape index (κ1) is 11.0. The molecule has 16 heavy (non-hydrogen) atoms. The summed E-state index contributed by atoms with van der Waals surface area (Å²) in [6.07, 6.45) is 5.91. The monoisotopic (exact) mass is 223 g/mol. The van der Waals surface area contributed by atoms with Crippen molar-refractivity contribution in [2.24, 2.45) is 13.0 Å². The topological polar surface area (TPSA) is 58.4 Å². The van der Waals surface area contributed by atoms with E-state index in [0.717, 1.165) is 31.9 Å². The number of aryl methyl sites for hydroxylation is 1. The molecule has 0 radical (unpaired) electrons. The van der Waals surface area contributed by atoms with Crippen molar-refractivity contribution in [3.05, 3.63) is 12.4 Å². The first-order valence-corrected chi connectivity index (χ1v) is 5.61. The summed E-state index contributed by atoms with van der Waals surface area (Å²) in [5.74, 6) is 0.623. The third-order valence-corrected chi connectivity index (χ3v) is 3.16. The molecule has 1 aromatic rings. The molecule has 0 aliphatic carbocycles. The second-order valence-electron chi connectivity index (χ2n) is 4.37. The number of aliphatic carboxylic acids is 1. The fraction of sp³-hybridized carbons (Fsp3) is 0.636. The molecule has 0 bridgehead atoms. The van der Waals surface area contributed by atoms with Crippen LogP contribution in [0.5, 0.6) is 0 Å². The molecule has 0 spiro atoms. The number of carbonyl (C=O) groups is 1. The van der Waals surface area contributed by atoms with Gasteiger partial charge < -0.3 is 14.6 Å². The van der Waals surface area contributed by atoms with Gasteiger partial charge in [0.2, 0.25) is 5.95 Å². The van der Waals surface area contributed by atoms with E-state index in [1.165, 1.54) is 0 Å². The predicted molar refractivity (Wildman–Crippen MR) is 60.4 cm³/mol.